The predicted octanol–water partition coefficient (Wildman–Crippen LogP) is 3.39. The van der Waals surface area contributed by atoms with Crippen LogP contribution in [0.25, 0.3) is 0 Å². The molecule has 5 heteroatoms. The van der Waals surface area contributed by atoms with E-state index in [9.17, 15) is 9.59 Å². The Labute approximate surface area is 130 Å². The fourth-order valence-electron chi connectivity index (χ4n) is 1.98. The third-order valence-corrected chi connectivity index (χ3v) is 3.47. The van der Waals surface area contributed by atoms with Crippen LogP contribution in [0.1, 0.15) is 28.4 Å². The molecule has 0 aliphatic carbocycles. The molecule has 0 heterocycles. The Kier molecular flexibility index (Phi) is 5.11. The minimum Gasteiger partial charge on any atom is -0.481 e. The van der Waals surface area contributed by atoms with Crippen LogP contribution in [0.15, 0.2) is 59.1 Å². The van der Waals surface area contributed by atoms with Crippen LogP contribution >= 0.6 is 15.9 Å². The minimum absolute atomic E-state index is 0.163. The van der Waals surface area contributed by atoms with Gasteiger partial charge < -0.3 is 10.4 Å². The van der Waals surface area contributed by atoms with Crippen LogP contribution in [-0.2, 0) is 4.79 Å². The summed E-state index contributed by atoms with van der Waals surface area (Å²) >= 11 is 3.31. The molecule has 2 rings (SSSR count). The van der Waals surface area contributed by atoms with Gasteiger partial charge in [0.15, 0.2) is 0 Å². The summed E-state index contributed by atoms with van der Waals surface area (Å²) in [5, 5.41) is 11.8. The van der Waals surface area contributed by atoms with Crippen molar-refractivity contribution in [2.75, 3.05) is 0 Å². The topological polar surface area (TPSA) is 66.4 Å². The van der Waals surface area contributed by atoms with Gasteiger partial charge in [0.25, 0.3) is 5.91 Å². The van der Waals surface area contributed by atoms with Crippen molar-refractivity contribution < 1.29 is 14.7 Å². The van der Waals surface area contributed by atoms with Crippen LogP contribution in [0.5, 0.6) is 0 Å². The van der Waals surface area contributed by atoms with Crippen LogP contribution in [0.2, 0.25) is 0 Å². The fraction of sp³-hybridized carbons (Fsp3) is 0.125. The highest BCUT2D eigenvalue weighted by atomic mass is 79.9. The van der Waals surface area contributed by atoms with E-state index in [1.54, 1.807) is 30.3 Å². The van der Waals surface area contributed by atoms with Gasteiger partial charge in [-0.3, -0.25) is 9.59 Å². The molecule has 0 saturated heterocycles. The van der Waals surface area contributed by atoms with E-state index in [4.69, 9.17) is 5.11 Å². The average molecular weight is 348 g/mol. The molecule has 0 bridgehead atoms. The van der Waals surface area contributed by atoms with Gasteiger partial charge in [-0.1, -0.05) is 52.3 Å². The monoisotopic (exact) mass is 347 g/mol. The van der Waals surface area contributed by atoms with Gasteiger partial charge in [-0.25, -0.2) is 0 Å². The number of rotatable bonds is 5. The molecular weight excluding hydrogens is 334 g/mol. The number of hydrogen-bond donors (Lipinski definition) is 2. The van der Waals surface area contributed by atoms with E-state index in [-0.39, 0.29) is 12.3 Å². The summed E-state index contributed by atoms with van der Waals surface area (Å²) in [4.78, 5) is 23.2. The molecule has 0 spiro atoms. The Morgan fingerprint density at radius 1 is 1.10 bits per heavy atom. The van der Waals surface area contributed by atoms with E-state index in [0.717, 1.165) is 10.0 Å². The Morgan fingerprint density at radius 3 is 2.43 bits per heavy atom. The van der Waals surface area contributed by atoms with Crippen molar-refractivity contribution in [2.45, 2.75) is 12.5 Å². The van der Waals surface area contributed by atoms with Gasteiger partial charge in [0, 0.05) is 10.0 Å². The summed E-state index contributed by atoms with van der Waals surface area (Å²) in [5.41, 5.74) is 1.25. The third-order valence-electron chi connectivity index (χ3n) is 2.97. The first-order valence-electron chi connectivity index (χ1n) is 6.39. The highest BCUT2D eigenvalue weighted by Crippen LogP contribution is 2.18. The van der Waals surface area contributed by atoms with E-state index in [0.29, 0.717) is 5.56 Å². The lowest BCUT2D eigenvalue weighted by atomic mass is 10.0. The van der Waals surface area contributed by atoms with Crippen molar-refractivity contribution in [3.05, 3.63) is 70.2 Å². The lowest BCUT2D eigenvalue weighted by Crippen LogP contribution is -2.30. The molecule has 0 fully saturated rings. The smallest absolute Gasteiger partial charge is 0.305 e. The number of carbonyl (C=O) groups is 2. The molecule has 0 radical (unpaired) electrons. The van der Waals surface area contributed by atoms with Crippen molar-refractivity contribution >= 4 is 27.8 Å². The Bertz CT molecular complexity index is 643. The van der Waals surface area contributed by atoms with Crippen LogP contribution in [0.3, 0.4) is 0 Å². The summed E-state index contributed by atoms with van der Waals surface area (Å²) in [6.07, 6.45) is -0.163. The molecule has 2 N–H and O–H groups in total. The Balaban J connectivity index is 2.19. The molecular formula is C16H14BrNO3. The van der Waals surface area contributed by atoms with E-state index >= 15 is 0 Å². The van der Waals surface area contributed by atoms with E-state index in [1.165, 1.54) is 0 Å². The number of nitrogens with one attached hydrogen (secondary N) is 1. The van der Waals surface area contributed by atoms with Crippen molar-refractivity contribution in [3.8, 4) is 0 Å². The highest BCUT2D eigenvalue weighted by molar-refractivity contribution is 9.10. The van der Waals surface area contributed by atoms with Gasteiger partial charge in [-0.15, -0.1) is 0 Å². The zero-order chi connectivity index (χ0) is 15.2. The molecule has 0 aliphatic heterocycles. The average Bonchev–Trinajstić information content (AvgIpc) is 2.47. The summed E-state index contributed by atoms with van der Waals surface area (Å²) in [5.74, 6) is -1.26. The van der Waals surface area contributed by atoms with Gasteiger partial charge in [0.2, 0.25) is 0 Å². The van der Waals surface area contributed by atoms with Gasteiger partial charge >= 0.3 is 5.97 Å². The molecule has 1 amide bonds. The summed E-state index contributed by atoms with van der Waals surface area (Å²) in [6.45, 7) is 0. The van der Waals surface area contributed by atoms with Crippen molar-refractivity contribution in [1.82, 2.24) is 5.32 Å². The van der Waals surface area contributed by atoms with E-state index < -0.39 is 12.0 Å². The maximum atomic E-state index is 12.2. The number of hydrogen-bond acceptors (Lipinski definition) is 2. The molecule has 4 nitrogen and oxygen atoms in total. The molecule has 1 atom stereocenters. The van der Waals surface area contributed by atoms with Crippen molar-refractivity contribution in [2.24, 2.45) is 0 Å². The zero-order valence-corrected chi connectivity index (χ0v) is 12.7. The summed E-state index contributed by atoms with van der Waals surface area (Å²) in [6, 6.07) is 15.5. The van der Waals surface area contributed by atoms with Crippen LogP contribution < -0.4 is 5.32 Å². The summed E-state index contributed by atoms with van der Waals surface area (Å²) < 4.78 is 0.796. The lowest BCUT2D eigenvalue weighted by molar-refractivity contribution is -0.137. The number of amides is 1. The number of carboxylic acid groups (broad SMARTS) is 1. The fourth-order valence-corrected chi connectivity index (χ4v) is 2.38. The number of aliphatic carboxylic acids is 1. The largest absolute Gasteiger partial charge is 0.481 e. The normalized spacial score (nSPS) is 11.7. The number of carboxylic acids is 1. The van der Waals surface area contributed by atoms with Crippen LogP contribution in [0.4, 0.5) is 0 Å². The molecule has 0 aromatic heterocycles. The van der Waals surface area contributed by atoms with Crippen molar-refractivity contribution in [3.63, 3.8) is 0 Å². The lowest BCUT2D eigenvalue weighted by Gasteiger charge is -2.17. The molecule has 21 heavy (non-hydrogen) atoms. The molecule has 2 aromatic rings. The second-order valence-corrected chi connectivity index (χ2v) is 5.46. The quantitative estimate of drug-likeness (QED) is 0.870. The maximum absolute atomic E-state index is 12.2. The van der Waals surface area contributed by atoms with Crippen molar-refractivity contribution in [1.29, 1.82) is 0 Å². The van der Waals surface area contributed by atoms with Crippen LogP contribution in [0, 0.1) is 0 Å². The molecule has 2 aromatic carbocycles. The standard InChI is InChI=1S/C16H14BrNO3/c17-13-8-4-7-12(9-13)16(21)18-14(10-15(19)20)11-5-2-1-3-6-11/h1-9,14H,10H2,(H,18,21)(H,19,20). The minimum atomic E-state index is -0.960. The zero-order valence-electron chi connectivity index (χ0n) is 11.1. The van der Waals surface area contributed by atoms with Gasteiger partial charge in [-0.05, 0) is 23.8 Å². The van der Waals surface area contributed by atoms with E-state index in [1.807, 2.05) is 24.3 Å². The second kappa shape index (κ2) is 7.04. The Hall–Kier alpha value is -2.14. The molecule has 0 aliphatic rings. The Morgan fingerprint density at radius 2 is 1.81 bits per heavy atom. The summed E-state index contributed by atoms with van der Waals surface area (Å²) in [7, 11) is 0. The molecule has 1 unspecified atom stereocenters. The highest BCUT2D eigenvalue weighted by Gasteiger charge is 2.18. The maximum Gasteiger partial charge on any atom is 0.305 e. The first-order chi connectivity index (χ1) is 10.1. The van der Waals surface area contributed by atoms with E-state index in [2.05, 4.69) is 21.2 Å². The van der Waals surface area contributed by atoms with Gasteiger partial charge in [-0.2, -0.15) is 0 Å². The number of halogens is 1. The number of carbonyl (C=O) groups excluding carboxylic acids is 1. The molecule has 0 saturated carbocycles. The van der Waals surface area contributed by atoms with Crippen LogP contribution in [-0.4, -0.2) is 17.0 Å². The number of benzene rings is 2. The predicted molar refractivity (Wildman–Crippen MR) is 83.0 cm³/mol. The SMILES string of the molecule is O=C(O)CC(NC(=O)c1cccc(Br)c1)c1ccccc1. The first-order valence-corrected chi connectivity index (χ1v) is 7.19. The first kappa shape index (κ1) is 15.3. The van der Waals surface area contributed by atoms with Gasteiger partial charge in [0.1, 0.15) is 0 Å². The third kappa shape index (κ3) is 4.43. The molecule has 108 valence electrons. The second-order valence-electron chi connectivity index (χ2n) is 4.54. The van der Waals surface area contributed by atoms with Gasteiger partial charge in [0.05, 0.1) is 12.5 Å².